The third-order valence-electron chi connectivity index (χ3n) is 3.16. The van der Waals surface area contributed by atoms with Crippen molar-refractivity contribution in [2.75, 3.05) is 19.6 Å². The Morgan fingerprint density at radius 2 is 1.95 bits per heavy atom. The second kappa shape index (κ2) is 8.70. The van der Waals surface area contributed by atoms with Crippen LogP contribution in [-0.2, 0) is 11.2 Å². The molecule has 0 atom stereocenters. The summed E-state index contributed by atoms with van der Waals surface area (Å²) in [5.74, 6) is 0.722. The molecule has 1 aromatic carbocycles. The van der Waals surface area contributed by atoms with Gasteiger partial charge in [-0.15, -0.1) is 0 Å². The highest BCUT2D eigenvalue weighted by atomic mass is 16.1. The first-order valence-corrected chi connectivity index (χ1v) is 7.11. The highest BCUT2D eigenvalue weighted by molar-refractivity contribution is 5.77. The van der Waals surface area contributed by atoms with Crippen LogP contribution in [0.25, 0.3) is 0 Å². The van der Waals surface area contributed by atoms with Crippen LogP contribution in [0.2, 0.25) is 0 Å². The van der Waals surface area contributed by atoms with Crippen molar-refractivity contribution in [3.8, 4) is 0 Å². The van der Waals surface area contributed by atoms with Gasteiger partial charge in [0.1, 0.15) is 0 Å². The van der Waals surface area contributed by atoms with Crippen molar-refractivity contribution in [3.05, 3.63) is 35.4 Å². The van der Waals surface area contributed by atoms with Gasteiger partial charge in [0.25, 0.3) is 0 Å². The monoisotopic (exact) mass is 262 g/mol. The Hall–Kier alpha value is -1.35. The number of hydrogen-bond donors (Lipinski definition) is 2. The molecule has 19 heavy (non-hydrogen) atoms. The zero-order chi connectivity index (χ0) is 14.1. The third kappa shape index (κ3) is 6.97. The molecule has 0 bridgehead atoms. The predicted octanol–water partition coefficient (Wildman–Crippen LogP) is 2.29. The second-order valence-electron chi connectivity index (χ2n) is 5.39. The van der Waals surface area contributed by atoms with Crippen molar-refractivity contribution in [2.24, 2.45) is 5.92 Å². The number of carbonyl (C=O) groups is 1. The fraction of sp³-hybridized carbons (Fsp3) is 0.562. The summed E-state index contributed by atoms with van der Waals surface area (Å²) in [7, 11) is 0. The molecule has 0 saturated heterocycles. The molecule has 1 aromatic rings. The second-order valence-corrected chi connectivity index (χ2v) is 5.39. The molecule has 1 rings (SSSR count). The van der Waals surface area contributed by atoms with Crippen LogP contribution in [0.15, 0.2) is 24.3 Å². The molecule has 106 valence electrons. The summed E-state index contributed by atoms with van der Waals surface area (Å²) in [4.78, 5) is 11.5. The van der Waals surface area contributed by atoms with Gasteiger partial charge in [-0.25, -0.2) is 0 Å². The van der Waals surface area contributed by atoms with Gasteiger partial charge in [0.05, 0.1) is 6.54 Å². The van der Waals surface area contributed by atoms with Crippen molar-refractivity contribution in [1.29, 1.82) is 0 Å². The molecule has 0 aliphatic heterocycles. The van der Waals surface area contributed by atoms with Crippen LogP contribution >= 0.6 is 0 Å². The smallest absolute Gasteiger partial charge is 0.233 e. The molecule has 0 aliphatic rings. The molecule has 0 heterocycles. The fourth-order valence-corrected chi connectivity index (χ4v) is 1.88. The molecule has 1 amide bonds. The summed E-state index contributed by atoms with van der Waals surface area (Å²) in [6, 6.07) is 8.36. The summed E-state index contributed by atoms with van der Waals surface area (Å²) in [5.41, 5.74) is 2.65. The van der Waals surface area contributed by atoms with Gasteiger partial charge in [0, 0.05) is 6.54 Å². The minimum Gasteiger partial charge on any atom is -0.355 e. The molecule has 3 heteroatoms. The lowest BCUT2D eigenvalue weighted by atomic mass is 10.1. The van der Waals surface area contributed by atoms with E-state index in [1.165, 1.54) is 11.1 Å². The Kier molecular flexibility index (Phi) is 7.19. The summed E-state index contributed by atoms with van der Waals surface area (Å²) in [6.07, 6.45) is 2.00. The Bertz CT molecular complexity index is 388. The Labute approximate surface area is 116 Å². The SMILES string of the molecule is Cc1ccccc1CCNCC(=O)NCCC(C)C. The zero-order valence-electron chi connectivity index (χ0n) is 12.3. The van der Waals surface area contributed by atoms with Crippen LogP contribution in [0, 0.1) is 12.8 Å². The van der Waals surface area contributed by atoms with Gasteiger partial charge in [-0.2, -0.15) is 0 Å². The molecule has 0 unspecified atom stereocenters. The van der Waals surface area contributed by atoms with Crippen molar-refractivity contribution in [1.82, 2.24) is 10.6 Å². The minimum atomic E-state index is 0.0884. The zero-order valence-corrected chi connectivity index (χ0v) is 12.3. The number of benzene rings is 1. The van der Waals surface area contributed by atoms with E-state index >= 15 is 0 Å². The predicted molar refractivity (Wildman–Crippen MR) is 80.2 cm³/mol. The van der Waals surface area contributed by atoms with E-state index < -0.39 is 0 Å². The molecule has 0 radical (unpaired) electrons. The Balaban J connectivity index is 2.10. The van der Waals surface area contributed by atoms with Gasteiger partial charge in [0.15, 0.2) is 0 Å². The lowest BCUT2D eigenvalue weighted by Crippen LogP contribution is -2.35. The number of hydrogen-bond acceptors (Lipinski definition) is 2. The van der Waals surface area contributed by atoms with Crippen LogP contribution in [0.1, 0.15) is 31.4 Å². The lowest BCUT2D eigenvalue weighted by molar-refractivity contribution is -0.120. The summed E-state index contributed by atoms with van der Waals surface area (Å²) < 4.78 is 0. The van der Waals surface area contributed by atoms with Gasteiger partial charge < -0.3 is 10.6 Å². The van der Waals surface area contributed by atoms with E-state index in [0.29, 0.717) is 12.5 Å². The molecule has 0 spiro atoms. The van der Waals surface area contributed by atoms with Crippen molar-refractivity contribution < 1.29 is 4.79 Å². The van der Waals surface area contributed by atoms with Gasteiger partial charge in [-0.05, 0) is 43.4 Å². The minimum absolute atomic E-state index is 0.0884. The quantitative estimate of drug-likeness (QED) is 0.706. The topological polar surface area (TPSA) is 41.1 Å². The first kappa shape index (κ1) is 15.7. The first-order chi connectivity index (χ1) is 9.09. The van der Waals surface area contributed by atoms with Crippen LogP contribution in [-0.4, -0.2) is 25.5 Å². The van der Waals surface area contributed by atoms with E-state index in [0.717, 1.165) is 25.9 Å². The van der Waals surface area contributed by atoms with Crippen LogP contribution in [0.3, 0.4) is 0 Å². The maximum Gasteiger partial charge on any atom is 0.233 e. The number of amides is 1. The number of nitrogens with one attached hydrogen (secondary N) is 2. The molecule has 0 fully saturated rings. The first-order valence-electron chi connectivity index (χ1n) is 7.11. The van der Waals surface area contributed by atoms with E-state index in [4.69, 9.17) is 0 Å². The van der Waals surface area contributed by atoms with Gasteiger partial charge in [-0.3, -0.25) is 4.79 Å². The summed E-state index contributed by atoms with van der Waals surface area (Å²) in [6.45, 7) is 8.45. The number of carbonyl (C=O) groups excluding carboxylic acids is 1. The standard InChI is InChI=1S/C16H26N2O/c1-13(2)8-11-18-16(19)12-17-10-9-15-7-5-4-6-14(15)3/h4-7,13,17H,8-12H2,1-3H3,(H,18,19). The summed E-state index contributed by atoms with van der Waals surface area (Å²) in [5, 5.41) is 6.11. The van der Waals surface area contributed by atoms with E-state index in [-0.39, 0.29) is 5.91 Å². The van der Waals surface area contributed by atoms with Crippen molar-refractivity contribution >= 4 is 5.91 Å². The maximum atomic E-state index is 11.5. The molecular weight excluding hydrogens is 236 g/mol. The largest absolute Gasteiger partial charge is 0.355 e. The van der Waals surface area contributed by atoms with Gasteiger partial charge in [0.2, 0.25) is 5.91 Å². The van der Waals surface area contributed by atoms with Gasteiger partial charge in [-0.1, -0.05) is 38.1 Å². The maximum absolute atomic E-state index is 11.5. The average Bonchev–Trinajstić information content (AvgIpc) is 2.36. The van der Waals surface area contributed by atoms with E-state index in [1.807, 2.05) is 0 Å². The van der Waals surface area contributed by atoms with Crippen LogP contribution < -0.4 is 10.6 Å². The van der Waals surface area contributed by atoms with Crippen LogP contribution in [0.5, 0.6) is 0 Å². The lowest BCUT2D eigenvalue weighted by Gasteiger charge is -2.09. The molecule has 0 saturated carbocycles. The fourth-order valence-electron chi connectivity index (χ4n) is 1.88. The van der Waals surface area contributed by atoms with Gasteiger partial charge >= 0.3 is 0 Å². The molecule has 2 N–H and O–H groups in total. The van der Waals surface area contributed by atoms with E-state index in [9.17, 15) is 4.79 Å². The average molecular weight is 262 g/mol. The molecule has 0 aromatic heterocycles. The van der Waals surface area contributed by atoms with Crippen molar-refractivity contribution in [2.45, 2.75) is 33.6 Å². The van der Waals surface area contributed by atoms with E-state index in [1.54, 1.807) is 0 Å². The Morgan fingerprint density at radius 1 is 1.21 bits per heavy atom. The molecular formula is C16H26N2O. The number of aryl methyl sites for hydroxylation is 1. The van der Waals surface area contributed by atoms with Crippen molar-refractivity contribution in [3.63, 3.8) is 0 Å². The number of rotatable bonds is 8. The summed E-state index contributed by atoms with van der Waals surface area (Å²) >= 11 is 0. The third-order valence-corrected chi connectivity index (χ3v) is 3.16. The molecule has 3 nitrogen and oxygen atoms in total. The Morgan fingerprint density at radius 3 is 2.63 bits per heavy atom. The highest BCUT2D eigenvalue weighted by Crippen LogP contribution is 2.06. The normalized spacial score (nSPS) is 10.7. The van der Waals surface area contributed by atoms with E-state index in [2.05, 4.69) is 55.7 Å². The van der Waals surface area contributed by atoms with Crippen LogP contribution in [0.4, 0.5) is 0 Å². The highest BCUT2D eigenvalue weighted by Gasteiger charge is 2.01. The molecule has 0 aliphatic carbocycles.